The van der Waals surface area contributed by atoms with Crippen LogP contribution in [0.1, 0.15) is 23.2 Å². The first-order valence-electron chi connectivity index (χ1n) is 10.0. The summed E-state index contributed by atoms with van der Waals surface area (Å²) in [6.07, 6.45) is 2.57. The van der Waals surface area contributed by atoms with Gasteiger partial charge in [0.1, 0.15) is 17.3 Å². The summed E-state index contributed by atoms with van der Waals surface area (Å²) in [5, 5.41) is 3.16. The molecule has 160 valence electrons. The van der Waals surface area contributed by atoms with Crippen LogP contribution in [0, 0.1) is 5.82 Å². The number of carbonyl (C=O) groups is 3. The van der Waals surface area contributed by atoms with Gasteiger partial charge in [-0.05, 0) is 61.4 Å². The third-order valence-corrected chi connectivity index (χ3v) is 5.49. The quantitative estimate of drug-likeness (QED) is 0.748. The maximum Gasteiger partial charge on any atom is 0.281 e. The second kappa shape index (κ2) is 8.59. The molecule has 2 aliphatic rings. The van der Waals surface area contributed by atoms with Gasteiger partial charge in [0.25, 0.3) is 17.7 Å². The van der Waals surface area contributed by atoms with E-state index in [-0.39, 0.29) is 23.5 Å². The van der Waals surface area contributed by atoms with E-state index in [1.807, 2.05) is 0 Å². The van der Waals surface area contributed by atoms with Gasteiger partial charge in [0.2, 0.25) is 0 Å². The summed E-state index contributed by atoms with van der Waals surface area (Å²) in [5.74, 6) is -0.694. The Hall–Kier alpha value is -3.68. The molecule has 1 saturated heterocycles. The van der Waals surface area contributed by atoms with Crippen LogP contribution in [0.3, 0.4) is 0 Å². The number of hydrogen-bond acceptors (Lipinski definition) is 5. The van der Waals surface area contributed by atoms with Gasteiger partial charge in [-0.3, -0.25) is 14.4 Å². The summed E-state index contributed by atoms with van der Waals surface area (Å²) >= 11 is 0. The van der Waals surface area contributed by atoms with Crippen LogP contribution >= 0.6 is 0 Å². The summed E-state index contributed by atoms with van der Waals surface area (Å²) in [6.45, 7) is 1.01. The lowest BCUT2D eigenvalue weighted by atomic mass is 10.0. The van der Waals surface area contributed by atoms with E-state index in [1.54, 1.807) is 36.3 Å². The highest BCUT2D eigenvalue weighted by Crippen LogP contribution is 2.25. The Labute approximate surface area is 179 Å². The monoisotopic (exact) mass is 423 g/mol. The fraction of sp³-hybridized carbons (Fsp3) is 0.261. The first-order valence-corrected chi connectivity index (χ1v) is 10.0. The van der Waals surface area contributed by atoms with Crippen LogP contribution in [0.2, 0.25) is 0 Å². The molecule has 3 amide bonds. The fourth-order valence-corrected chi connectivity index (χ4v) is 3.77. The molecule has 31 heavy (non-hydrogen) atoms. The van der Waals surface area contributed by atoms with Gasteiger partial charge >= 0.3 is 0 Å². The number of imide groups is 1. The first-order chi connectivity index (χ1) is 15.0. The van der Waals surface area contributed by atoms with E-state index >= 15 is 0 Å². The molecular weight excluding hydrogens is 401 g/mol. The third-order valence-electron chi connectivity index (χ3n) is 5.49. The molecule has 1 N–H and O–H groups in total. The van der Waals surface area contributed by atoms with E-state index in [0.29, 0.717) is 42.9 Å². The van der Waals surface area contributed by atoms with Gasteiger partial charge in [0, 0.05) is 30.8 Å². The van der Waals surface area contributed by atoms with E-state index in [9.17, 15) is 18.8 Å². The maximum absolute atomic E-state index is 13.1. The van der Waals surface area contributed by atoms with Gasteiger partial charge in [0.05, 0.1) is 12.8 Å². The molecule has 0 aliphatic carbocycles. The van der Waals surface area contributed by atoms with Gasteiger partial charge in [-0.25, -0.2) is 9.29 Å². The van der Waals surface area contributed by atoms with Crippen molar-refractivity contribution in [3.8, 4) is 5.75 Å². The molecule has 1 fully saturated rings. The zero-order valence-corrected chi connectivity index (χ0v) is 17.0. The number of methoxy groups -OCH3 is 1. The van der Waals surface area contributed by atoms with Gasteiger partial charge in [0.15, 0.2) is 0 Å². The standard InChI is InChI=1S/C23H22FN3O4/c1-31-19-8-6-18(7-9-19)27-21(28)14-20(23(27)30)25-17-10-12-26(13-11-17)22(29)15-2-4-16(24)5-3-15/h2-9,14,17,25H,10-13H2,1H3. The van der Waals surface area contributed by atoms with Crippen LogP contribution in [0.5, 0.6) is 5.75 Å². The van der Waals surface area contributed by atoms with Crippen molar-refractivity contribution in [3.05, 3.63) is 71.7 Å². The Morgan fingerprint density at radius 3 is 2.29 bits per heavy atom. The summed E-state index contributed by atoms with van der Waals surface area (Å²) < 4.78 is 18.2. The van der Waals surface area contributed by atoms with Crippen LogP contribution in [0.25, 0.3) is 0 Å². The highest BCUT2D eigenvalue weighted by Gasteiger charge is 2.34. The number of likely N-dealkylation sites (tertiary alicyclic amines) is 1. The molecule has 8 heteroatoms. The zero-order chi connectivity index (χ0) is 22.0. The summed E-state index contributed by atoms with van der Waals surface area (Å²) in [7, 11) is 1.54. The molecule has 2 aromatic rings. The SMILES string of the molecule is COc1ccc(N2C(=O)C=C(NC3CCN(C(=O)c4ccc(F)cc4)CC3)C2=O)cc1. The zero-order valence-electron chi connectivity index (χ0n) is 17.0. The Morgan fingerprint density at radius 2 is 1.68 bits per heavy atom. The first kappa shape index (κ1) is 20.6. The van der Waals surface area contributed by atoms with Gasteiger partial charge in [-0.15, -0.1) is 0 Å². The highest BCUT2D eigenvalue weighted by molar-refractivity contribution is 6.30. The molecule has 7 nitrogen and oxygen atoms in total. The number of piperidine rings is 1. The van der Waals surface area contributed by atoms with Crippen molar-refractivity contribution in [2.24, 2.45) is 0 Å². The predicted molar refractivity (Wildman–Crippen MR) is 112 cm³/mol. The number of anilines is 1. The van der Waals surface area contributed by atoms with Gasteiger partial charge in [-0.1, -0.05) is 0 Å². The number of nitrogens with zero attached hydrogens (tertiary/aromatic N) is 2. The van der Waals surface area contributed by atoms with Crippen LogP contribution in [-0.2, 0) is 9.59 Å². The van der Waals surface area contributed by atoms with Crippen molar-refractivity contribution < 1.29 is 23.5 Å². The van der Waals surface area contributed by atoms with Gasteiger partial charge < -0.3 is 15.0 Å². The Kier molecular flexibility index (Phi) is 5.70. The fourth-order valence-electron chi connectivity index (χ4n) is 3.77. The average molecular weight is 423 g/mol. The van der Waals surface area contributed by atoms with Crippen molar-refractivity contribution in [2.45, 2.75) is 18.9 Å². The molecular formula is C23H22FN3O4. The van der Waals surface area contributed by atoms with Crippen LogP contribution < -0.4 is 15.0 Å². The summed E-state index contributed by atoms with van der Waals surface area (Å²) in [5.41, 5.74) is 1.18. The molecule has 0 bridgehead atoms. The third kappa shape index (κ3) is 4.28. The van der Waals surface area contributed by atoms with Crippen LogP contribution in [-0.4, -0.2) is 48.9 Å². The molecule has 0 saturated carbocycles. The summed E-state index contributed by atoms with van der Waals surface area (Å²) in [6, 6.07) is 12.2. The number of nitrogens with one attached hydrogen (secondary N) is 1. The molecule has 0 unspecified atom stereocenters. The minimum atomic E-state index is -0.403. The minimum absolute atomic E-state index is 0.0314. The number of benzene rings is 2. The molecule has 0 atom stereocenters. The minimum Gasteiger partial charge on any atom is -0.497 e. The maximum atomic E-state index is 13.1. The Morgan fingerprint density at radius 1 is 1.03 bits per heavy atom. The van der Waals surface area contributed by atoms with E-state index < -0.39 is 11.8 Å². The van der Waals surface area contributed by atoms with E-state index in [1.165, 1.54) is 30.3 Å². The topological polar surface area (TPSA) is 79.0 Å². The van der Waals surface area contributed by atoms with E-state index in [2.05, 4.69) is 5.32 Å². The Bertz CT molecular complexity index is 1030. The molecule has 2 aliphatic heterocycles. The highest BCUT2D eigenvalue weighted by atomic mass is 19.1. The van der Waals surface area contributed by atoms with Crippen LogP contribution in [0.4, 0.5) is 10.1 Å². The molecule has 2 heterocycles. The van der Waals surface area contributed by atoms with Crippen molar-refractivity contribution in [3.63, 3.8) is 0 Å². The lowest BCUT2D eigenvalue weighted by Gasteiger charge is -2.33. The second-order valence-corrected chi connectivity index (χ2v) is 7.45. The number of hydrogen-bond donors (Lipinski definition) is 1. The molecule has 0 spiro atoms. The van der Waals surface area contributed by atoms with Crippen molar-refractivity contribution in [2.75, 3.05) is 25.1 Å². The van der Waals surface area contributed by atoms with Crippen molar-refractivity contribution >= 4 is 23.4 Å². The number of carbonyl (C=O) groups excluding carboxylic acids is 3. The number of amides is 3. The second-order valence-electron chi connectivity index (χ2n) is 7.45. The van der Waals surface area contributed by atoms with Crippen LogP contribution in [0.15, 0.2) is 60.3 Å². The van der Waals surface area contributed by atoms with Gasteiger partial charge in [-0.2, -0.15) is 0 Å². The lowest BCUT2D eigenvalue weighted by molar-refractivity contribution is -0.120. The van der Waals surface area contributed by atoms with E-state index in [4.69, 9.17) is 4.74 Å². The van der Waals surface area contributed by atoms with E-state index in [0.717, 1.165) is 4.90 Å². The average Bonchev–Trinajstić information content (AvgIpc) is 3.07. The number of ether oxygens (including phenoxy) is 1. The van der Waals surface area contributed by atoms with Crippen molar-refractivity contribution in [1.29, 1.82) is 0 Å². The Balaban J connectivity index is 1.34. The number of rotatable bonds is 5. The smallest absolute Gasteiger partial charge is 0.281 e. The predicted octanol–water partition coefficient (Wildman–Crippen LogP) is 2.49. The molecule has 0 aromatic heterocycles. The molecule has 2 aromatic carbocycles. The lowest BCUT2D eigenvalue weighted by Crippen LogP contribution is -2.45. The normalized spacial score (nSPS) is 17.0. The summed E-state index contributed by atoms with van der Waals surface area (Å²) in [4.78, 5) is 40.6. The largest absolute Gasteiger partial charge is 0.497 e. The number of halogens is 1. The molecule has 4 rings (SSSR count). The van der Waals surface area contributed by atoms with Crippen molar-refractivity contribution in [1.82, 2.24) is 10.2 Å². The molecule has 0 radical (unpaired) electrons.